The number of carbonyl (C=O) groups is 3. The molecule has 31 heavy (non-hydrogen) atoms. The number of nitrogens with two attached hydrogens (primary N) is 1. The van der Waals surface area contributed by atoms with E-state index in [2.05, 4.69) is 6.92 Å². The predicted octanol–water partition coefficient (Wildman–Crippen LogP) is 5.01. The molecule has 1 atom stereocenters. The molecule has 176 valence electrons. The molecule has 1 aromatic rings. The van der Waals surface area contributed by atoms with Gasteiger partial charge in [-0.1, -0.05) is 70.8 Å². The summed E-state index contributed by atoms with van der Waals surface area (Å²) >= 11 is 0. The van der Waals surface area contributed by atoms with Gasteiger partial charge in [0, 0.05) is 6.42 Å². The summed E-state index contributed by atoms with van der Waals surface area (Å²) in [6, 6.07) is 5.20. The van der Waals surface area contributed by atoms with Gasteiger partial charge in [-0.3, -0.25) is 4.79 Å². The smallest absolute Gasteiger partial charge is 0.335 e. The summed E-state index contributed by atoms with van der Waals surface area (Å²) in [5.74, 6) is -2.49. The lowest BCUT2D eigenvalue weighted by atomic mass is 10.0. The molecule has 0 saturated heterocycles. The molecule has 0 aromatic heterocycles. The topological polar surface area (TPSA) is 138 Å². The van der Waals surface area contributed by atoms with Crippen molar-refractivity contribution in [1.29, 1.82) is 0 Å². The van der Waals surface area contributed by atoms with E-state index in [0.717, 1.165) is 38.2 Å². The van der Waals surface area contributed by atoms with Crippen LogP contribution in [0.1, 0.15) is 111 Å². The Kier molecular flexibility index (Phi) is 16.9. The van der Waals surface area contributed by atoms with Crippen LogP contribution in [0.5, 0.6) is 0 Å². The van der Waals surface area contributed by atoms with Gasteiger partial charge < -0.3 is 21.1 Å². The third-order valence-corrected chi connectivity index (χ3v) is 4.96. The van der Waals surface area contributed by atoms with Crippen molar-refractivity contribution >= 4 is 17.8 Å². The number of carboxylic acid groups (broad SMARTS) is 2. The minimum absolute atomic E-state index is 0.0186. The highest BCUT2D eigenvalue weighted by molar-refractivity contribution is 5.93. The van der Waals surface area contributed by atoms with Crippen molar-refractivity contribution in [1.82, 2.24) is 0 Å². The Balaban J connectivity index is 0.000000639. The number of aliphatic hydroxyl groups is 1. The number of benzene rings is 1. The van der Waals surface area contributed by atoms with E-state index in [1.807, 2.05) is 0 Å². The zero-order chi connectivity index (χ0) is 23.5. The molecule has 7 nitrogen and oxygen atoms in total. The molecule has 1 amide bonds. The number of primary amides is 1. The normalized spacial score (nSPS) is 11.3. The Bertz CT molecular complexity index is 617. The number of aliphatic hydroxyl groups excluding tert-OH is 1. The molecule has 0 fully saturated rings. The Morgan fingerprint density at radius 1 is 0.806 bits per heavy atom. The monoisotopic (exact) mass is 437 g/mol. The third-order valence-electron chi connectivity index (χ3n) is 4.96. The lowest BCUT2D eigenvalue weighted by Gasteiger charge is -2.09. The lowest BCUT2D eigenvalue weighted by Crippen LogP contribution is -2.11. The molecule has 1 unspecified atom stereocenters. The highest BCUT2D eigenvalue weighted by Gasteiger charge is 2.07. The molecule has 0 saturated carbocycles. The van der Waals surface area contributed by atoms with Gasteiger partial charge in [0.1, 0.15) is 0 Å². The summed E-state index contributed by atoms with van der Waals surface area (Å²) in [7, 11) is 0. The van der Waals surface area contributed by atoms with Crippen LogP contribution in [0.2, 0.25) is 0 Å². The highest BCUT2D eigenvalue weighted by atomic mass is 16.4. The average molecular weight is 438 g/mol. The molecule has 0 aliphatic carbocycles. The zero-order valence-electron chi connectivity index (χ0n) is 18.7. The second-order valence-electron chi connectivity index (χ2n) is 7.82. The summed E-state index contributed by atoms with van der Waals surface area (Å²) in [6.07, 6.45) is 14.1. The van der Waals surface area contributed by atoms with Crippen LogP contribution in [-0.4, -0.2) is 39.3 Å². The van der Waals surface area contributed by atoms with Crippen molar-refractivity contribution in [2.75, 3.05) is 0 Å². The Hall–Kier alpha value is -2.41. The first-order chi connectivity index (χ1) is 14.8. The summed E-state index contributed by atoms with van der Waals surface area (Å²) < 4.78 is 0. The van der Waals surface area contributed by atoms with E-state index in [-0.39, 0.29) is 23.1 Å². The molecule has 0 bridgehead atoms. The van der Waals surface area contributed by atoms with E-state index in [4.69, 9.17) is 15.9 Å². The van der Waals surface area contributed by atoms with E-state index in [1.165, 1.54) is 63.1 Å². The maximum absolute atomic E-state index is 10.5. The van der Waals surface area contributed by atoms with Crippen LogP contribution in [0.3, 0.4) is 0 Å². The lowest BCUT2D eigenvalue weighted by molar-refractivity contribution is -0.118. The standard InChI is InChI=1S/C16H33NO2.C8H6O4/c1-2-3-4-5-6-7-8-9-12-15(18)13-10-11-14-16(17)19;9-7(10)5-2-1-3-6(4-5)8(11)12/h15,18H,2-14H2,1H3,(H2,17,19);1-4H,(H,9,10)(H,11,12). The summed E-state index contributed by atoms with van der Waals surface area (Å²) in [5, 5.41) is 26.8. The number of carboxylic acids is 2. The molecule has 0 aliphatic rings. The van der Waals surface area contributed by atoms with Gasteiger partial charge in [-0.25, -0.2) is 9.59 Å². The number of carbonyl (C=O) groups excluding carboxylic acids is 1. The number of unbranched alkanes of at least 4 members (excludes halogenated alkanes) is 8. The highest BCUT2D eigenvalue weighted by Crippen LogP contribution is 2.13. The molecule has 7 heteroatoms. The molecule has 1 aromatic carbocycles. The minimum atomic E-state index is -1.13. The van der Waals surface area contributed by atoms with Crippen LogP contribution in [0.4, 0.5) is 0 Å². The van der Waals surface area contributed by atoms with Crippen LogP contribution in [-0.2, 0) is 4.79 Å². The van der Waals surface area contributed by atoms with Crippen LogP contribution >= 0.6 is 0 Å². The van der Waals surface area contributed by atoms with Gasteiger partial charge in [-0.2, -0.15) is 0 Å². The minimum Gasteiger partial charge on any atom is -0.478 e. The second kappa shape index (κ2) is 18.4. The first-order valence-electron chi connectivity index (χ1n) is 11.3. The summed E-state index contributed by atoms with van der Waals surface area (Å²) in [4.78, 5) is 31.3. The van der Waals surface area contributed by atoms with Crippen molar-refractivity contribution in [2.24, 2.45) is 5.73 Å². The van der Waals surface area contributed by atoms with E-state index < -0.39 is 11.9 Å². The first kappa shape index (κ1) is 28.6. The van der Waals surface area contributed by atoms with Gasteiger partial charge in [0.2, 0.25) is 5.91 Å². The fourth-order valence-corrected chi connectivity index (χ4v) is 3.12. The molecule has 0 spiro atoms. The maximum atomic E-state index is 10.5. The van der Waals surface area contributed by atoms with Crippen LogP contribution in [0.25, 0.3) is 0 Å². The van der Waals surface area contributed by atoms with E-state index in [9.17, 15) is 19.5 Å². The fraction of sp³-hybridized carbons (Fsp3) is 0.625. The number of amides is 1. The van der Waals surface area contributed by atoms with Gasteiger partial charge >= 0.3 is 11.9 Å². The Labute approximate surface area is 185 Å². The summed E-state index contributed by atoms with van der Waals surface area (Å²) in [6.45, 7) is 2.24. The predicted molar refractivity (Wildman–Crippen MR) is 121 cm³/mol. The van der Waals surface area contributed by atoms with Crippen molar-refractivity contribution in [3.05, 3.63) is 35.4 Å². The number of hydrogen-bond acceptors (Lipinski definition) is 4. The fourth-order valence-electron chi connectivity index (χ4n) is 3.12. The van der Waals surface area contributed by atoms with Crippen molar-refractivity contribution in [3.63, 3.8) is 0 Å². The number of aromatic carboxylic acids is 2. The van der Waals surface area contributed by atoms with Crippen LogP contribution in [0.15, 0.2) is 24.3 Å². The maximum Gasteiger partial charge on any atom is 0.335 e. The van der Waals surface area contributed by atoms with Crippen molar-refractivity contribution < 1.29 is 29.7 Å². The molecule has 0 radical (unpaired) electrons. The van der Waals surface area contributed by atoms with E-state index >= 15 is 0 Å². The quantitative estimate of drug-likeness (QED) is 0.268. The number of hydrogen-bond donors (Lipinski definition) is 4. The molecule has 1 rings (SSSR count). The third kappa shape index (κ3) is 17.0. The van der Waals surface area contributed by atoms with Gasteiger partial charge in [-0.05, 0) is 37.5 Å². The van der Waals surface area contributed by atoms with E-state index in [1.54, 1.807) is 0 Å². The number of rotatable bonds is 16. The molecular formula is C24H39NO6. The van der Waals surface area contributed by atoms with Crippen molar-refractivity contribution in [3.8, 4) is 0 Å². The first-order valence-corrected chi connectivity index (χ1v) is 11.3. The summed E-state index contributed by atoms with van der Waals surface area (Å²) in [5.41, 5.74) is 5.03. The SMILES string of the molecule is CCCCCCCCCCC(O)CCCCC(N)=O.O=C(O)c1cccc(C(=O)O)c1. The van der Waals surface area contributed by atoms with E-state index in [0.29, 0.717) is 6.42 Å². The molecule has 0 heterocycles. The average Bonchev–Trinajstić information content (AvgIpc) is 2.73. The van der Waals surface area contributed by atoms with Crippen LogP contribution in [0, 0.1) is 0 Å². The molecular weight excluding hydrogens is 398 g/mol. The Morgan fingerprint density at radius 2 is 1.26 bits per heavy atom. The van der Waals surface area contributed by atoms with Gasteiger partial charge in [0.25, 0.3) is 0 Å². The molecule has 5 N–H and O–H groups in total. The zero-order valence-corrected chi connectivity index (χ0v) is 18.7. The van der Waals surface area contributed by atoms with Gasteiger partial charge in [0.15, 0.2) is 0 Å². The largest absolute Gasteiger partial charge is 0.478 e. The second-order valence-corrected chi connectivity index (χ2v) is 7.82. The van der Waals surface area contributed by atoms with Crippen LogP contribution < -0.4 is 5.73 Å². The van der Waals surface area contributed by atoms with Gasteiger partial charge in [0.05, 0.1) is 17.2 Å². The Morgan fingerprint density at radius 3 is 1.71 bits per heavy atom. The molecule has 0 aliphatic heterocycles. The van der Waals surface area contributed by atoms with Gasteiger partial charge in [-0.15, -0.1) is 0 Å². The van der Waals surface area contributed by atoms with Crippen molar-refractivity contribution in [2.45, 2.75) is 96.5 Å².